The Morgan fingerprint density at radius 3 is 2.40 bits per heavy atom. The highest BCUT2D eigenvalue weighted by Crippen LogP contribution is 2.38. The first-order valence-electron chi connectivity index (χ1n) is 3.59. The smallest absolute Gasteiger partial charge is 0.0970 e. The van der Waals surface area contributed by atoms with Crippen molar-refractivity contribution in [3.8, 4) is 0 Å². The number of hydrogen-bond acceptors (Lipinski definition) is 0. The Bertz CT molecular complexity index is 153. The molecule has 1 atom stereocenters. The molecule has 0 aliphatic heterocycles. The lowest BCUT2D eigenvalue weighted by Gasteiger charge is -2.13. The Morgan fingerprint density at radius 1 is 1.60 bits per heavy atom. The summed E-state index contributed by atoms with van der Waals surface area (Å²) in [5.41, 5.74) is 1.18. The fourth-order valence-corrected chi connectivity index (χ4v) is 1.57. The van der Waals surface area contributed by atoms with Gasteiger partial charge in [-0.25, -0.2) is 0 Å². The van der Waals surface area contributed by atoms with Crippen LogP contribution in [0.5, 0.6) is 0 Å². The lowest BCUT2D eigenvalue weighted by Crippen LogP contribution is -2.07. The zero-order chi connectivity index (χ0) is 7.78. The third kappa shape index (κ3) is 1.90. The minimum atomic E-state index is -0.634. The van der Waals surface area contributed by atoms with Crippen LogP contribution in [0.25, 0.3) is 0 Å². The molecular formula is C8H12Cl2. The van der Waals surface area contributed by atoms with Crippen molar-refractivity contribution in [3.05, 3.63) is 11.6 Å². The summed E-state index contributed by atoms with van der Waals surface area (Å²) < 4.78 is -0.634. The van der Waals surface area contributed by atoms with E-state index in [1.165, 1.54) is 12.0 Å². The summed E-state index contributed by atoms with van der Waals surface area (Å²) in [4.78, 5) is 0. The molecule has 0 saturated heterocycles. The van der Waals surface area contributed by atoms with Gasteiger partial charge in [-0.2, -0.15) is 0 Å². The summed E-state index contributed by atoms with van der Waals surface area (Å²) in [7, 11) is 0. The summed E-state index contributed by atoms with van der Waals surface area (Å²) in [5.74, 6) is 0.659. The molecule has 58 valence electrons. The molecule has 0 radical (unpaired) electrons. The van der Waals surface area contributed by atoms with Crippen molar-refractivity contribution in [1.82, 2.24) is 0 Å². The number of hydrogen-bond donors (Lipinski definition) is 0. The fourth-order valence-electron chi connectivity index (χ4n) is 1.26. The first kappa shape index (κ1) is 8.42. The molecule has 2 heteroatoms. The summed E-state index contributed by atoms with van der Waals surface area (Å²) >= 11 is 11.8. The fraction of sp³-hybridized carbons (Fsp3) is 0.750. The van der Waals surface area contributed by atoms with Gasteiger partial charge in [-0.3, -0.25) is 0 Å². The van der Waals surface area contributed by atoms with Crippen molar-refractivity contribution in [2.24, 2.45) is 5.92 Å². The van der Waals surface area contributed by atoms with Crippen LogP contribution in [0.3, 0.4) is 0 Å². The van der Waals surface area contributed by atoms with Gasteiger partial charge in [-0.15, -0.1) is 0 Å². The van der Waals surface area contributed by atoms with Gasteiger partial charge in [0.15, 0.2) is 0 Å². The second-order valence-electron chi connectivity index (χ2n) is 3.10. The van der Waals surface area contributed by atoms with Gasteiger partial charge < -0.3 is 0 Å². The lowest BCUT2D eigenvalue weighted by atomic mass is 10.2. The van der Waals surface area contributed by atoms with Gasteiger partial charge in [0.05, 0.1) is 0 Å². The zero-order valence-corrected chi connectivity index (χ0v) is 7.84. The van der Waals surface area contributed by atoms with Crippen molar-refractivity contribution in [2.45, 2.75) is 31.0 Å². The second-order valence-corrected chi connectivity index (χ2v) is 4.80. The molecule has 1 rings (SSSR count). The average Bonchev–Trinajstić information content (AvgIpc) is 2.11. The van der Waals surface area contributed by atoms with Crippen LogP contribution in [0.4, 0.5) is 0 Å². The molecule has 0 heterocycles. The molecule has 0 saturated carbocycles. The maximum Gasteiger partial charge on any atom is 0.136 e. The Hall–Kier alpha value is 0.320. The first-order valence-corrected chi connectivity index (χ1v) is 4.35. The average molecular weight is 179 g/mol. The summed E-state index contributed by atoms with van der Waals surface area (Å²) in [6.45, 7) is 4.02. The van der Waals surface area contributed by atoms with E-state index in [0.717, 1.165) is 6.42 Å². The Kier molecular flexibility index (Phi) is 2.31. The number of halogens is 2. The van der Waals surface area contributed by atoms with Crippen molar-refractivity contribution < 1.29 is 0 Å². The molecule has 0 bridgehead atoms. The van der Waals surface area contributed by atoms with Gasteiger partial charge in [0, 0.05) is 0 Å². The van der Waals surface area contributed by atoms with Crippen LogP contribution >= 0.6 is 23.2 Å². The largest absolute Gasteiger partial charge is 0.136 e. The normalized spacial score (nSPS) is 26.8. The first-order chi connectivity index (χ1) is 4.50. The van der Waals surface area contributed by atoms with Crippen molar-refractivity contribution in [1.29, 1.82) is 0 Å². The zero-order valence-electron chi connectivity index (χ0n) is 6.32. The molecule has 10 heavy (non-hydrogen) atoms. The second kappa shape index (κ2) is 2.75. The van der Waals surface area contributed by atoms with Gasteiger partial charge in [0.1, 0.15) is 4.33 Å². The summed E-state index contributed by atoms with van der Waals surface area (Å²) in [5, 5.41) is 0. The van der Waals surface area contributed by atoms with Crippen LogP contribution in [-0.4, -0.2) is 4.33 Å². The molecule has 0 nitrogen and oxygen atoms in total. The van der Waals surface area contributed by atoms with Gasteiger partial charge in [0.25, 0.3) is 0 Å². The van der Waals surface area contributed by atoms with Crippen LogP contribution in [0.2, 0.25) is 0 Å². The van der Waals surface area contributed by atoms with Gasteiger partial charge in [-0.05, 0) is 31.3 Å². The van der Waals surface area contributed by atoms with E-state index in [0.29, 0.717) is 5.92 Å². The molecule has 0 N–H and O–H groups in total. The predicted octanol–water partition coefficient (Wildman–Crippen LogP) is 3.54. The van der Waals surface area contributed by atoms with Gasteiger partial charge >= 0.3 is 0 Å². The summed E-state index contributed by atoms with van der Waals surface area (Å²) in [6.07, 6.45) is 4.44. The van der Waals surface area contributed by atoms with Crippen molar-refractivity contribution >= 4 is 23.2 Å². The van der Waals surface area contributed by atoms with E-state index in [2.05, 4.69) is 13.0 Å². The predicted molar refractivity (Wildman–Crippen MR) is 46.6 cm³/mol. The monoisotopic (exact) mass is 178 g/mol. The van der Waals surface area contributed by atoms with E-state index < -0.39 is 4.33 Å². The molecule has 1 aliphatic rings. The highest BCUT2D eigenvalue weighted by molar-refractivity contribution is 6.50. The highest BCUT2D eigenvalue weighted by atomic mass is 35.5. The quantitative estimate of drug-likeness (QED) is 0.426. The molecule has 0 amide bonds. The number of alkyl halides is 2. The van der Waals surface area contributed by atoms with Crippen LogP contribution in [0, 0.1) is 5.92 Å². The molecule has 0 aromatic rings. The van der Waals surface area contributed by atoms with E-state index >= 15 is 0 Å². The number of allylic oxidation sites excluding steroid dienone is 2. The Morgan fingerprint density at radius 2 is 2.20 bits per heavy atom. The topological polar surface area (TPSA) is 0 Å². The SMILES string of the molecule is CC1C=C(C(C)(Cl)Cl)CC1. The van der Waals surface area contributed by atoms with E-state index in [1.807, 2.05) is 6.92 Å². The molecule has 0 fully saturated rings. The molecule has 0 aromatic heterocycles. The van der Waals surface area contributed by atoms with Gasteiger partial charge in [0.2, 0.25) is 0 Å². The van der Waals surface area contributed by atoms with E-state index in [4.69, 9.17) is 23.2 Å². The molecule has 0 aromatic carbocycles. The molecular weight excluding hydrogens is 167 g/mol. The van der Waals surface area contributed by atoms with Crippen LogP contribution in [0.1, 0.15) is 26.7 Å². The molecule has 1 aliphatic carbocycles. The lowest BCUT2D eigenvalue weighted by molar-refractivity contribution is 0.694. The van der Waals surface area contributed by atoms with E-state index in [9.17, 15) is 0 Å². The van der Waals surface area contributed by atoms with Crippen molar-refractivity contribution in [3.63, 3.8) is 0 Å². The standard InChI is InChI=1S/C8H12Cl2/c1-6-3-4-7(5-6)8(2,9)10/h5-6H,3-4H2,1-2H3. The minimum Gasteiger partial charge on any atom is -0.0970 e. The molecule has 1 unspecified atom stereocenters. The van der Waals surface area contributed by atoms with Crippen LogP contribution < -0.4 is 0 Å². The third-order valence-corrected chi connectivity index (χ3v) is 2.40. The maximum absolute atomic E-state index is 5.90. The highest BCUT2D eigenvalue weighted by Gasteiger charge is 2.26. The van der Waals surface area contributed by atoms with E-state index in [-0.39, 0.29) is 0 Å². The minimum absolute atomic E-state index is 0.634. The third-order valence-electron chi connectivity index (χ3n) is 1.92. The summed E-state index contributed by atoms with van der Waals surface area (Å²) in [6, 6.07) is 0. The van der Waals surface area contributed by atoms with Crippen LogP contribution in [-0.2, 0) is 0 Å². The maximum atomic E-state index is 5.90. The van der Waals surface area contributed by atoms with Crippen molar-refractivity contribution in [2.75, 3.05) is 0 Å². The van der Waals surface area contributed by atoms with E-state index in [1.54, 1.807) is 0 Å². The van der Waals surface area contributed by atoms with Gasteiger partial charge in [-0.1, -0.05) is 36.2 Å². The Labute approximate surface area is 72.2 Å². The Balaban J connectivity index is 2.67. The van der Waals surface area contributed by atoms with Crippen LogP contribution in [0.15, 0.2) is 11.6 Å². The number of rotatable bonds is 1. The molecule has 0 spiro atoms.